The Labute approximate surface area is 244 Å². The number of hydrogen-bond donors (Lipinski definition) is 0. The molecule has 2 aromatic heterocycles. The average Bonchev–Trinajstić information content (AvgIpc) is 3.55. The molecular weight excluding hydrogens is 580 g/mol. The SMILES string of the molecule is COC(=O)C1CN(c2ccc(F)c(-c3c(-c4ccsc4C#N)c4cc(F)ccc4n3S(=O)(=O)c3ccc(C)cc3)c2)C1. The number of anilines is 1. The van der Waals surface area contributed by atoms with E-state index >= 15 is 4.39 Å². The van der Waals surface area contributed by atoms with Gasteiger partial charge in [-0.2, -0.15) is 5.26 Å². The number of ether oxygens (including phenoxy) is 1. The van der Waals surface area contributed by atoms with Gasteiger partial charge < -0.3 is 9.64 Å². The molecule has 0 amide bonds. The standard InChI is InChI=1S/C31H23F2N3O4S2/c1-18-3-7-22(8-4-18)42(38,39)36-27-10-5-20(32)13-25(27)29(23-11-12-41-28(23)15-34)30(36)24-14-21(6-9-26(24)33)35-16-19(17-35)31(37)40-2/h3-14,19H,16-17H2,1-2H3. The first-order valence-corrected chi connectivity index (χ1v) is 15.2. The lowest BCUT2D eigenvalue weighted by Gasteiger charge is -2.39. The Morgan fingerprint density at radius 3 is 2.45 bits per heavy atom. The van der Waals surface area contributed by atoms with Gasteiger partial charge in [0.05, 0.1) is 29.1 Å². The predicted molar refractivity (Wildman–Crippen MR) is 157 cm³/mol. The Morgan fingerprint density at radius 1 is 1.02 bits per heavy atom. The summed E-state index contributed by atoms with van der Waals surface area (Å²) in [4.78, 5) is 14.0. The van der Waals surface area contributed by atoms with E-state index in [1.165, 1.54) is 43.5 Å². The molecule has 0 radical (unpaired) electrons. The van der Waals surface area contributed by atoms with Gasteiger partial charge in [-0.1, -0.05) is 17.7 Å². The van der Waals surface area contributed by atoms with Crippen molar-refractivity contribution < 1.29 is 26.7 Å². The molecule has 0 unspecified atom stereocenters. The van der Waals surface area contributed by atoms with Gasteiger partial charge in [0.25, 0.3) is 10.0 Å². The van der Waals surface area contributed by atoms with Crippen LogP contribution in [0.2, 0.25) is 0 Å². The molecule has 11 heteroatoms. The Bertz CT molecular complexity index is 2020. The summed E-state index contributed by atoms with van der Waals surface area (Å²) in [7, 11) is -3.04. The van der Waals surface area contributed by atoms with Crippen LogP contribution in [0.3, 0.4) is 0 Å². The number of nitrogens with zero attached hydrogens (tertiary/aromatic N) is 3. The third-order valence-corrected chi connectivity index (χ3v) is 10.0. The molecule has 0 spiro atoms. The Hall–Kier alpha value is -4.53. The Balaban J connectivity index is 1.68. The van der Waals surface area contributed by atoms with Crippen LogP contribution in [0.5, 0.6) is 0 Å². The maximum atomic E-state index is 15.9. The fourth-order valence-corrected chi connectivity index (χ4v) is 7.54. The second kappa shape index (κ2) is 10.4. The van der Waals surface area contributed by atoms with Crippen LogP contribution in [0.1, 0.15) is 10.4 Å². The molecule has 0 bridgehead atoms. The van der Waals surface area contributed by atoms with E-state index in [0.29, 0.717) is 24.3 Å². The molecular formula is C31H23F2N3O4S2. The Morgan fingerprint density at radius 2 is 1.76 bits per heavy atom. The van der Waals surface area contributed by atoms with Crippen molar-refractivity contribution in [2.75, 3.05) is 25.1 Å². The number of carbonyl (C=O) groups excluding carboxylic acids is 1. The smallest absolute Gasteiger partial charge is 0.312 e. The second-order valence-corrected chi connectivity index (χ2v) is 12.7. The number of halogens is 2. The largest absolute Gasteiger partial charge is 0.469 e. The quantitative estimate of drug-likeness (QED) is 0.210. The fourth-order valence-electron chi connectivity index (χ4n) is 5.31. The minimum Gasteiger partial charge on any atom is -0.469 e. The van der Waals surface area contributed by atoms with Crippen molar-refractivity contribution in [2.45, 2.75) is 11.8 Å². The molecule has 3 aromatic carbocycles. The zero-order chi connectivity index (χ0) is 29.8. The van der Waals surface area contributed by atoms with Crippen LogP contribution in [-0.2, 0) is 19.6 Å². The predicted octanol–water partition coefficient (Wildman–Crippen LogP) is 6.34. The van der Waals surface area contributed by atoms with E-state index < -0.39 is 21.7 Å². The molecule has 1 aliphatic rings. The molecule has 1 aliphatic heterocycles. The van der Waals surface area contributed by atoms with E-state index in [9.17, 15) is 22.9 Å². The number of carbonyl (C=O) groups is 1. The summed E-state index contributed by atoms with van der Waals surface area (Å²) in [6.07, 6.45) is 0. The molecule has 1 saturated heterocycles. The number of aryl methyl sites for hydroxylation is 1. The van der Waals surface area contributed by atoms with Gasteiger partial charge in [-0.25, -0.2) is 21.2 Å². The first-order valence-electron chi connectivity index (χ1n) is 12.9. The monoisotopic (exact) mass is 603 g/mol. The lowest BCUT2D eigenvalue weighted by Crippen LogP contribution is -2.50. The summed E-state index contributed by atoms with van der Waals surface area (Å²) in [6.45, 7) is 2.53. The molecule has 0 aliphatic carbocycles. The first-order chi connectivity index (χ1) is 20.1. The van der Waals surface area contributed by atoms with Crippen LogP contribution in [0, 0.1) is 35.8 Å². The third kappa shape index (κ3) is 4.44. The highest BCUT2D eigenvalue weighted by Gasteiger charge is 2.35. The lowest BCUT2D eigenvalue weighted by molar-refractivity contribution is -0.146. The lowest BCUT2D eigenvalue weighted by atomic mass is 9.96. The maximum Gasteiger partial charge on any atom is 0.312 e. The van der Waals surface area contributed by atoms with Gasteiger partial charge in [-0.05, 0) is 66.9 Å². The molecule has 212 valence electrons. The highest BCUT2D eigenvalue weighted by Crippen LogP contribution is 2.46. The average molecular weight is 604 g/mol. The van der Waals surface area contributed by atoms with Gasteiger partial charge in [-0.3, -0.25) is 4.79 Å². The molecule has 5 aromatic rings. The van der Waals surface area contributed by atoms with Crippen LogP contribution < -0.4 is 4.90 Å². The number of nitriles is 1. The molecule has 1 fully saturated rings. The van der Waals surface area contributed by atoms with E-state index in [0.717, 1.165) is 26.9 Å². The van der Waals surface area contributed by atoms with Crippen molar-refractivity contribution in [3.05, 3.63) is 94.2 Å². The van der Waals surface area contributed by atoms with Crippen LogP contribution >= 0.6 is 11.3 Å². The summed E-state index contributed by atoms with van der Waals surface area (Å²) in [5, 5.41) is 11.8. The zero-order valence-electron chi connectivity index (χ0n) is 22.5. The van der Waals surface area contributed by atoms with Crippen molar-refractivity contribution in [2.24, 2.45) is 5.92 Å². The number of methoxy groups -OCH3 is 1. The molecule has 3 heterocycles. The third-order valence-electron chi connectivity index (χ3n) is 7.47. The number of hydrogen-bond acceptors (Lipinski definition) is 7. The summed E-state index contributed by atoms with van der Waals surface area (Å²) >= 11 is 1.15. The van der Waals surface area contributed by atoms with Gasteiger partial charge in [0.1, 0.15) is 22.6 Å². The van der Waals surface area contributed by atoms with E-state index in [1.54, 1.807) is 29.6 Å². The van der Waals surface area contributed by atoms with Crippen molar-refractivity contribution in [3.8, 4) is 28.5 Å². The van der Waals surface area contributed by atoms with Crippen molar-refractivity contribution in [3.63, 3.8) is 0 Å². The van der Waals surface area contributed by atoms with Crippen LogP contribution in [0.15, 0.2) is 77.0 Å². The fraction of sp³-hybridized carbons (Fsp3) is 0.161. The van der Waals surface area contributed by atoms with Gasteiger partial charge in [0.2, 0.25) is 0 Å². The van der Waals surface area contributed by atoms with Crippen molar-refractivity contribution in [1.29, 1.82) is 5.26 Å². The summed E-state index contributed by atoms with van der Waals surface area (Å²) in [6, 6.07) is 18.0. The van der Waals surface area contributed by atoms with Gasteiger partial charge in [0.15, 0.2) is 0 Å². The van der Waals surface area contributed by atoms with Crippen LogP contribution in [0.25, 0.3) is 33.3 Å². The van der Waals surface area contributed by atoms with E-state index in [-0.39, 0.29) is 49.4 Å². The first kappa shape index (κ1) is 27.6. The van der Waals surface area contributed by atoms with Crippen molar-refractivity contribution in [1.82, 2.24) is 3.97 Å². The second-order valence-electron chi connectivity index (χ2n) is 10.0. The topological polar surface area (TPSA) is 92.4 Å². The highest BCUT2D eigenvalue weighted by molar-refractivity contribution is 7.90. The van der Waals surface area contributed by atoms with E-state index in [2.05, 4.69) is 6.07 Å². The normalized spacial score (nSPS) is 13.6. The van der Waals surface area contributed by atoms with Crippen molar-refractivity contribution >= 4 is 43.9 Å². The number of aromatic nitrogens is 1. The van der Waals surface area contributed by atoms with E-state index in [1.807, 2.05) is 11.8 Å². The van der Waals surface area contributed by atoms with Crippen LogP contribution in [0.4, 0.5) is 14.5 Å². The number of benzene rings is 3. The highest BCUT2D eigenvalue weighted by atomic mass is 32.2. The summed E-state index contributed by atoms with van der Waals surface area (Å²) in [5.74, 6) is -2.00. The maximum absolute atomic E-state index is 15.9. The van der Waals surface area contributed by atoms with Gasteiger partial charge in [0, 0.05) is 40.9 Å². The number of fused-ring (bicyclic) bond motifs is 1. The number of thiophene rings is 1. The van der Waals surface area contributed by atoms with Gasteiger partial charge >= 0.3 is 5.97 Å². The minimum atomic E-state index is -4.36. The minimum absolute atomic E-state index is 0.0320. The molecule has 0 saturated carbocycles. The van der Waals surface area contributed by atoms with E-state index in [4.69, 9.17) is 4.74 Å². The molecule has 7 nitrogen and oxygen atoms in total. The number of rotatable bonds is 6. The summed E-state index contributed by atoms with van der Waals surface area (Å²) < 4.78 is 65.2. The molecule has 6 rings (SSSR count). The zero-order valence-corrected chi connectivity index (χ0v) is 24.1. The Kier molecular flexibility index (Phi) is 6.83. The van der Waals surface area contributed by atoms with Gasteiger partial charge in [-0.15, -0.1) is 11.3 Å². The molecule has 0 N–H and O–H groups in total. The molecule has 0 atom stereocenters. The molecule has 42 heavy (non-hydrogen) atoms. The van der Waals surface area contributed by atoms with Crippen LogP contribution in [-0.4, -0.2) is 38.6 Å². The number of esters is 1. The summed E-state index contributed by atoms with van der Waals surface area (Å²) in [5.41, 5.74) is 2.07.